The molecular weight excluding hydrogens is 328 g/mol. The van der Waals surface area contributed by atoms with Gasteiger partial charge in [-0.3, -0.25) is 9.59 Å². The first-order chi connectivity index (χ1) is 11.9. The molecule has 10 nitrogen and oxygen atoms in total. The van der Waals surface area contributed by atoms with Gasteiger partial charge in [-0.2, -0.15) is 15.0 Å². The van der Waals surface area contributed by atoms with Crippen molar-refractivity contribution in [2.24, 2.45) is 0 Å². The van der Waals surface area contributed by atoms with Crippen LogP contribution < -0.4 is 15.5 Å². The summed E-state index contributed by atoms with van der Waals surface area (Å²) in [5.41, 5.74) is 0. The van der Waals surface area contributed by atoms with Crippen molar-refractivity contribution in [2.75, 3.05) is 43.4 Å². The first kappa shape index (κ1) is 20.6. The van der Waals surface area contributed by atoms with Gasteiger partial charge in [0.15, 0.2) is 0 Å². The van der Waals surface area contributed by atoms with E-state index >= 15 is 0 Å². The molecule has 4 N–H and O–H groups in total. The van der Waals surface area contributed by atoms with Gasteiger partial charge < -0.3 is 25.7 Å². The van der Waals surface area contributed by atoms with Crippen LogP contribution in [0.2, 0.25) is 0 Å². The number of carboxylic acid groups (broad SMARTS) is 2. The van der Waals surface area contributed by atoms with E-state index in [2.05, 4.69) is 25.6 Å². The normalized spacial score (nSPS) is 10.5. The molecule has 140 valence electrons. The van der Waals surface area contributed by atoms with Crippen LogP contribution in [-0.2, 0) is 9.59 Å². The molecule has 1 aromatic heterocycles. The molecule has 1 aromatic rings. The van der Waals surface area contributed by atoms with E-state index < -0.39 is 25.0 Å². The maximum Gasteiger partial charge on any atom is 0.323 e. The number of carboxylic acids is 2. The van der Waals surface area contributed by atoms with Crippen LogP contribution in [0.3, 0.4) is 0 Å². The molecule has 0 saturated carbocycles. The fourth-order valence-electron chi connectivity index (χ4n) is 2.19. The molecule has 0 fully saturated rings. The van der Waals surface area contributed by atoms with Gasteiger partial charge in [-0.1, -0.05) is 12.8 Å². The second kappa shape index (κ2) is 11.1. The highest BCUT2D eigenvalue weighted by atomic mass is 16.4. The van der Waals surface area contributed by atoms with E-state index in [1.165, 1.54) is 0 Å². The predicted octanol–water partition coefficient (Wildman–Crippen LogP) is 0.347. The van der Waals surface area contributed by atoms with Gasteiger partial charge in [-0.05, 0) is 33.4 Å². The molecular formula is C15H26N6O4. The lowest BCUT2D eigenvalue weighted by molar-refractivity contribution is -0.136. The molecule has 0 aliphatic rings. The highest BCUT2D eigenvalue weighted by molar-refractivity contribution is 5.78. The SMILES string of the molecule is CNCCCCCCNc1nc(C)nc(N(CC(=O)O)CC(=O)O)n1. The zero-order chi connectivity index (χ0) is 18.7. The minimum Gasteiger partial charge on any atom is -0.480 e. The summed E-state index contributed by atoms with van der Waals surface area (Å²) < 4.78 is 0. The first-order valence-corrected chi connectivity index (χ1v) is 8.22. The van der Waals surface area contributed by atoms with Gasteiger partial charge in [-0.15, -0.1) is 0 Å². The molecule has 0 saturated heterocycles. The molecule has 0 atom stereocenters. The summed E-state index contributed by atoms with van der Waals surface area (Å²) in [6.45, 7) is 2.34. The van der Waals surface area contributed by atoms with E-state index in [0.29, 0.717) is 18.3 Å². The van der Waals surface area contributed by atoms with Crippen molar-refractivity contribution in [3.05, 3.63) is 5.82 Å². The minimum absolute atomic E-state index is 0.0359. The molecule has 0 bridgehead atoms. The number of nitrogens with zero attached hydrogens (tertiary/aromatic N) is 4. The lowest BCUT2D eigenvalue weighted by Gasteiger charge is -2.19. The molecule has 0 aromatic carbocycles. The lowest BCUT2D eigenvalue weighted by Crippen LogP contribution is -2.36. The van der Waals surface area contributed by atoms with Crippen LogP contribution in [0, 0.1) is 6.92 Å². The summed E-state index contributed by atoms with van der Waals surface area (Å²) in [6.07, 6.45) is 4.30. The third-order valence-electron chi connectivity index (χ3n) is 3.31. The molecule has 0 spiro atoms. The summed E-state index contributed by atoms with van der Waals surface area (Å²) in [7, 11) is 1.93. The van der Waals surface area contributed by atoms with Gasteiger partial charge >= 0.3 is 11.9 Å². The van der Waals surface area contributed by atoms with Crippen LogP contribution in [0.1, 0.15) is 31.5 Å². The van der Waals surface area contributed by atoms with Crippen molar-refractivity contribution in [1.82, 2.24) is 20.3 Å². The van der Waals surface area contributed by atoms with Crippen LogP contribution in [-0.4, -0.2) is 70.3 Å². The molecule has 1 rings (SSSR count). The third kappa shape index (κ3) is 8.80. The highest BCUT2D eigenvalue weighted by Gasteiger charge is 2.18. The average molecular weight is 354 g/mol. The molecule has 1 heterocycles. The number of hydrogen-bond acceptors (Lipinski definition) is 8. The number of rotatable bonds is 13. The summed E-state index contributed by atoms with van der Waals surface area (Å²) in [5, 5.41) is 24.0. The Balaban J connectivity index is 2.64. The summed E-state index contributed by atoms with van der Waals surface area (Å²) in [5.74, 6) is -1.57. The third-order valence-corrected chi connectivity index (χ3v) is 3.31. The zero-order valence-electron chi connectivity index (χ0n) is 14.7. The number of hydrogen-bond donors (Lipinski definition) is 4. The maximum absolute atomic E-state index is 10.9. The summed E-state index contributed by atoms with van der Waals surface area (Å²) in [4.78, 5) is 35.3. The van der Waals surface area contributed by atoms with E-state index in [1.807, 2.05) is 7.05 Å². The van der Waals surface area contributed by atoms with Crippen molar-refractivity contribution in [2.45, 2.75) is 32.6 Å². The molecule has 0 aliphatic heterocycles. The molecule has 0 unspecified atom stereocenters. The Morgan fingerprint density at radius 3 is 2.12 bits per heavy atom. The van der Waals surface area contributed by atoms with Crippen LogP contribution in [0.5, 0.6) is 0 Å². The molecule has 0 radical (unpaired) electrons. The summed E-state index contributed by atoms with van der Waals surface area (Å²) in [6, 6.07) is 0. The quantitative estimate of drug-likeness (QED) is 0.367. The number of aliphatic carboxylic acids is 2. The highest BCUT2D eigenvalue weighted by Crippen LogP contribution is 2.11. The van der Waals surface area contributed by atoms with Crippen molar-refractivity contribution in [3.8, 4) is 0 Å². The van der Waals surface area contributed by atoms with Gasteiger partial charge in [0.1, 0.15) is 18.9 Å². The number of aryl methyl sites for hydroxylation is 1. The largest absolute Gasteiger partial charge is 0.480 e. The number of anilines is 2. The monoisotopic (exact) mass is 354 g/mol. The minimum atomic E-state index is -1.16. The second-order valence-corrected chi connectivity index (χ2v) is 5.59. The van der Waals surface area contributed by atoms with Crippen LogP contribution >= 0.6 is 0 Å². The van der Waals surface area contributed by atoms with Crippen molar-refractivity contribution < 1.29 is 19.8 Å². The topological polar surface area (TPSA) is 141 Å². The summed E-state index contributed by atoms with van der Waals surface area (Å²) >= 11 is 0. The Labute approximate surface area is 146 Å². The van der Waals surface area contributed by atoms with Crippen molar-refractivity contribution in [1.29, 1.82) is 0 Å². The predicted molar refractivity (Wildman–Crippen MR) is 92.9 cm³/mol. The van der Waals surface area contributed by atoms with Crippen molar-refractivity contribution >= 4 is 23.8 Å². The Morgan fingerprint density at radius 2 is 1.56 bits per heavy atom. The lowest BCUT2D eigenvalue weighted by atomic mass is 10.2. The van der Waals surface area contributed by atoms with Crippen LogP contribution in [0.4, 0.5) is 11.9 Å². The number of nitrogens with one attached hydrogen (secondary N) is 2. The van der Waals surface area contributed by atoms with Crippen molar-refractivity contribution in [3.63, 3.8) is 0 Å². The van der Waals surface area contributed by atoms with Gasteiger partial charge in [0.05, 0.1) is 0 Å². The molecule has 10 heteroatoms. The van der Waals surface area contributed by atoms with Gasteiger partial charge in [0.2, 0.25) is 11.9 Å². The van der Waals surface area contributed by atoms with E-state index in [1.54, 1.807) is 6.92 Å². The fraction of sp³-hybridized carbons (Fsp3) is 0.667. The number of aromatic nitrogens is 3. The molecule has 0 aliphatic carbocycles. The van der Waals surface area contributed by atoms with Gasteiger partial charge in [-0.25, -0.2) is 0 Å². The van der Waals surface area contributed by atoms with E-state index in [4.69, 9.17) is 10.2 Å². The second-order valence-electron chi connectivity index (χ2n) is 5.59. The number of unbranched alkanes of at least 4 members (excludes halogenated alkanes) is 3. The zero-order valence-corrected chi connectivity index (χ0v) is 14.7. The van der Waals surface area contributed by atoms with E-state index in [0.717, 1.165) is 37.1 Å². The Morgan fingerprint density at radius 1 is 0.960 bits per heavy atom. The Bertz CT molecular complexity index is 553. The van der Waals surface area contributed by atoms with Crippen LogP contribution in [0.15, 0.2) is 0 Å². The standard InChI is InChI=1S/C15H26N6O4/c1-11-18-14(17-8-6-4-3-5-7-16-2)20-15(19-11)21(9-12(22)23)10-13(24)25/h16H,3-10H2,1-2H3,(H,22,23)(H,24,25)(H,17,18,19,20). The smallest absolute Gasteiger partial charge is 0.323 e. The Hall–Kier alpha value is -2.49. The van der Waals surface area contributed by atoms with E-state index in [-0.39, 0.29) is 5.95 Å². The number of carbonyl (C=O) groups is 2. The van der Waals surface area contributed by atoms with E-state index in [9.17, 15) is 9.59 Å². The first-order valence-electron chi connectivity index (χ1n) is 8.22. The Kier molecular flexibility index (Phi) is 9.15. The van der Waals surface area contributed by atoms with Gasteiger partial charge in [0, 0.05) is 6.54 Å². The maximum atomic E-state index is 10.9. The molecule has 25 heavy (non-hydrogen) atoms. The van der Waals surface area contributed by atoms with Crippen LogP contribution in [0.25, 0.3) is 0 Å². The fourth-order valence-corrected chi connectivity index (χ4v) is 2.19. The van der Waals surface area contributed by atoms with Gasteiger partial charge in [0.25, 0.3) is 0 Å². The molecule has 0 amide bonds. The average Bonchev–Trinajstić information content (AvgIpc) is 2.52.